The summed E-state index contributed by atoms with van der Waals surface area (Å²) in [5.41, 5.74) is 0. The molecule has 0 spiro atoms. The predicted octanol–water partition coefficient (Wildman–Crippen LogP) is 9.93. The maximum Gasteiger partial charge on any atom is 0.202 e. The first-order valence-corrected chi connectivity index (χ1v) is 13.9. The Morgan fingerprint density at radius 2 is 1.07 bits per heavy atom. The van der Waals surface area contributed by atoms with Gasteiger partial charge in [-0.05, 0) is 78.5 Å². The van der Waals surface area contributed by atoms with Crippen molar-refractivity contribution in [2.45, 2.75) is 61.3 Å². The van der Waals surface area contributed by atoms with E-state index in [4.69, 9.17) is 0 Å². The zero-order chi connectivity index (χ0) is 36.6. The first-order chi connectivity index (χ1) is 20.7. The Labute approximate surface area is 273 Å². The molecule has 0 aromatic carbocycles. The van der Waals surface area contributed by atoms with Gasteiger partial charge in [-0.2, -0.15) is 0 Å². The summed E-state index contributed by atoms with van der Waals surface area (Å²) in [6.07, 6.45) is 32.3. The van der Waals surface area contributed by atoms with Crippen LogP contribution in [0.15, 0.2) is 126 Å². The monoisotopic (exact) mass is 605 g/mol. The van der Waals surface area contributed by atoms with Crippen LogP contribution >= 0.6 is 0 Å². The van der Waals surface area contributed by atoms with Crippen molar-refractivity contribution in [3.8, 4) is 24.7 Å². The van der Waals surface area contributed by atoms with Gasteiger partial charge in [0.15, 0.2) is 11.6 Å². The van der Waals surface area contributed by atoms with Gasteiger partial charge in [-0.25, -0.2) is 0 Å². The Hall–Kier alpha value is -4.51. The third kappa shape index (κ3) is 163. The summed E-state index contributed by atoms with van der Waals surface area (Å²) in [6.45, 7) is 41.8. The molecular weight excluding hydrogens is 542 g/mol. The molecule has 0 amide bonds. The number of Topliss-reactive ketones (excluding diaryl/α,β-unsaturated/α-hetero) is 1. The molecule has 0 aliphatic rings. The second-order valence-corrected chi connectivity index (χ2v) is 8.13. The van der Waals surface area contributed by atoms with Crippen molar-refractivity contribution in [2.75, 3.05) is 20.1 Å². The minimum Gasteiger partial charge on any atom is -0.299 e. The summed E-state index contributed by atoms with van der Waals surface area (Å²) in [7, 11) is 2.03. The van der Waals surface area contributed by atoms with E-state index in [9.17, 15) is 14.4 Å². The van der Waals surface area contributed by atoms with Gasteiger partial charge in [0.2, 0.25) is 5.78 Å². The number of rotatable bonds is 12. The molecule has 0 saturated heterocycles. The van der Waals surface area contributed by atoms with Crippen molar-refractivity contribution in [1.82, 2.24) is 4.90 Å². The number of carbonyl (C=O) groups is 3. The first-order valence-electron chi connectivity index (χ1n) is 13.9. The van der Waals surface area contributed by atoms with Crippen LogP contribution in [0.4, 0.5) is 0 Å². The average Bonchev–Trinajstić information content (AvgIpc) is 2.95. The lowest BCUT2D eigenvalue weighted by Crippen LogP contribution is -2.17. The quantitative estimate of drug-likeness (QED) is 0.0730. The fourth-order valence-corrected chi connectivity index (χ4v) is 1.52. The van der Waals surface area contributed by atoms with Gasteiger partial charge >= 0.3 is 0 Å². The minimum atomic E-state index is -0.218. The largest absolute Gasteiger partial charge is 0.299 e. The van der Waals surface area contributed by atoms with Crippen LogP contribution in [0.2, 0.25) is 0 Å². The summed E-state index contributed by atoms with van der Waals surface area (Å²) in [5, 5.41) is 0. The van der Waals surface area contributed by atoms with Gasteiger partial charge in [-0.1, -0.05) is 87.4 Å². The highest BCUT2D eigenvalue weighted by molar-refractivity contribution is 5.92. The zero-order valence-electron chi connectivity index (χ0n) is 29.3. The summed E-state index contributed by atoms with van der Waals surface area (Å²) in [4.78, 5) is 31.5. The van der Waals surface area contributed by atoms with Crippen molar-refractivity contribution < 1.29 is 14.4 Å². The lowest BCUT2D eigenvalue weighted by molar-refractivity contribution is -0.113. The number of carbonyl (C=O) groups excluding carboxylic acids is 3. The summed E-state index contributed by atoms with van der Waals surface area (Å²) in [5.74, 6) is 4.72. The number of nitrogens with zero attached hydrogens (tertiary/aromatic N) is 1. The third-order valence-corrected chi connectivity index (χ3v) is 3.31. The molecule has 0 radical (unpaired) electrons. The van der Waals surface area contributed by atoms with Crippen LogP contribution in [-0.4, -0.2) is 42.4 Å². The molecule has 0 aromatic heterocycles. The Kier molecular flexibility index (Phi) is 89.4. The van der Waals surface area contributed by atoms with Crippen LogP contribution in [0.3, 0.4) is 0 Å². The minimum absolute atomic E-state index is 0.0185. The van der Waals surface area contributed by atoms with Crippen LogP contribution in [0.25, 0.3) is 0 Å². The van der Waals surface area contributed by atoms with E-state index in [1.54, 1.807) is 31.2 Å². The fraction of sp³-hybridized carbons (Fsp3) is 0.325. The predicted molar refractivity (Wildman–Crippen MR) is 202 cm³/mol. The molecule has 0 aliphatic heterocycles. The van der Waals surface area contributed by atoms with E-state index in [1.165, 1.54) is 32.9 Å². The maximum atomic E-state index is 10.1. The molecule has 4 nitrogen and oxygen atoms in total. The van der Waals surface area contributed by atoms with Crippen LogP contribution in [0, 0.1) is 30.6 Å². The summed E-state index contributed by atoms with van der Waals surface area (Å²) >= 11 is 0. The molecule has 44 heavy (non-hydrogen) atoms. The van der Waals surface area contributed by atoms with E-state index in [0.717, 1.165) is 31.8 Å². The van der Waals surface area contributed by atoms with Crippen LogP contribution in [-0.2, 0) is 14.4 Å². The first kappa shape index (κ1) is 59.0. The lowest BCUT2D eigenvalue weighted by atomic mass is 10.0. The van der Waals surface area contributed by atoms with Gasteiger partial charge in [0.1, 0.15) is 0 Å². The van der Waals surface area contributed by atoms with Crippen molar-refractivity contribution >= 4 is 17.3 Å². The van der Waals surface area contributed by atoms with Crippen LogP contribution in [0.5, 0.6) is 0 Å². The molecule has 0 fully saturated rings. The Bertz CT molecular complexity index is 845. The van der Waals surface area contributed by atoms with Gasteiger partial charge < -0.3 is 0 Å². The van der Waals surface area contributed by atoms with Crippen LogP contribution < -0.4 is 0 Å². The van der Waals surface area contributed by atoms with E-state index in [0.29, 0.717) is 0 Å². The van der Waals surface area contributed by atoms with E-state index < -0.39 is 0 Å². The highest BCUT2D eigenvalue weighted by Crippen LogP contribution is 2.06. The van der Waals surface area contributed by atoms with Gasteiger partial charge in [0, 0.05) is 20.0 Å². The molecule has 0 aromatic rings. The number of hydrogen-bond acceptors (Lipinski definition) is 4. The summed E-state index contributed by atoms with van der Waals surface area (Å²) < 4.78 is 0. The number of terminal acetylenes is 2. The number of allylic oxidation sites excluding steroid dienone is 10. The molecule has 0 heterocycles. The normalized spacial score (nSPS) is 7.73. The fourth-order valence-electron chi connectivity index (χ4n) is 1.52. The highest BCUT2D eigenvalue weighted by atomic mass is 16.1. The van der Waals surface area contributed by atoms with E-state index in [1.807, 2.05) is 63.3 Å². The molecule has 0 rings (SSSR count). The number of hydrogen-bond donors (Lipinski definition) is 0. The summed E-state index contributed by atoms with van der Waals surface area (Å²) in [6, 6.07) is 0. The van der Waals surface area contributed by atoms with Gasteiger partial charge in [-0.15, -0.1) is 51.7 Å². The molecule has 0 aliphatic carbocycles. The molecule has 0 saturated carbocycles. The Balaban J connectivity index is -0.0000000574. The second-order valence-electron chi connectivity index (χ2n) is 8.13. The van der Waals surface area contributed by atoms with Crippen LogP contribution in [0.1, 0.15) is 61.3 Å². The van der Waals surface area contributed by atoms with Gasteiger partial charge in [0.05, 0.1) is 0 Å². The number of ketones is 3. The molecule has 4 heteroatoms. The molecule has 0 unspecified atom stereocenters. The average molecular weight is 606 g/mol. The Morgan fingerprint density at radius 1 is 0.750 bits per heavy atom. The third-order valence-electron chi connectivity index (χ3n) is 3.31. The van der Waals surface area contributed by atoms with E-state index in [-0.39, 0.29) is 17.3 Å². The molecular formula is C40H63NO3. The van der Waals surface area contributed by atoms with E-state index >= 15 is 0 Å². The Morgan fingerprint density at radius 3 is 1.18 bits per heavy atom. The molecule has 0 atom stereocenters. The van der Waals surface area contributed by atoms with E-state index in [2.05, 4.69) is 83.2 Å². The highest BCUT2D eigenvalue weighted by Gasteiger charge is 1.92. The van der Waals surface area contributed by atoms with Crippen molar-refractivity contribution in [2.24, 2.45) is 5.92 Å². The second kappa shape index (κ2) is 66.6. The lowest BCUT2D eigenvalue weighted by Gasteiger charge is -2.09. The SMILES string of the molecule is C#CC.C#CC(C)=O.C=CC.C=CC(C)=O.C=CC=CC.C=CC=CC(C)=O.C=CCC(C)CC=C.C=CCN(C)CC=C. The van der Waals surface area contributed by atoms with Crippen molar-refractivity contribution in [3.05, 3.63) is 126 Å². The zero-order valence-corrected chi connectivity index (χ0v) is 29.3. The molecule has 0 N–H and O–H groups in total. The van der Waals surface area contributed by atoms with Gasteiger partial charge in [-0.3, -0.25) is 19.3 Å². The van der Waals surface area contributed by atoms with Gasteiger partial charge in [0.25, 0.3) is 0 Å². The topological polar surface area (TPSA) is 54.5 Å². The number of likely N-dealkylation sites (N-methyl/N-ethyl adjacent to an activating group) is 1. The molecule has 246 valence electrons. The van der Waals surface area contributed by atoms with Crippen molar-refractivity contribution in [3.63, 3.8) is 0 Å². The maximum absolute atomic E-state index is 10.1. The standard InChI is InChI=1S/C8H14.C7H13N.C6H8O.C5H8.C4H6O.C4H4O.C3H6.C3H4/c2*1-4-6-8(3)7-5-2;1-3-4-5-6(2)7;1-3-5-4-2;2*1-3-4(2)5;2*1-3-2/h4-5,8H,1-2,6-7H2,3H3;4-5H,1-2,6-7H2,3H3;3-5H,1H2,2H3;3-5H,1H2,2H3;3H,1H2,2H3;1H,2H3;3H,1H2,2H3;1H,2H3. The van der Waals surface area contributed by atoms with Crippen molar-refractivity contribution in [1.29, 1.82) is 0 Å². The molecule has 0 bridgehead atoms. The smallest absolute Gasteiger partial charge is 0.202 e.